The number of benzene rings is 1. The van der Waals surface area contributed by atoms with Crippen molar-refractivity contribution in [3.05, 3.63) is 36.4 Å². The van der Waals surface area contributed by atoms with E-state index in [1.165, 1.54) is 6.08 Å². The molecule has 0 fully saturated rings. The summed E-state index contributed by atoms with van der Waals surface area (Å²) in [6, 6.07) is 8.14. The molecule has 1 aromatic rings. The van der Waals surface area contributed by atoms with Gasteiger partial charge in [0.1, 0.15) is 5.75 Å². The highest BCUT2D eigenvalue weighted by molar-refractivity contribution is 5.81. The third-order valence-corrected chi connectivity index (χ3v) is 3.50. The largest absolute Gasteiger partial charge is 0.497 e. The van der Waals surface area contributed by atoms with Crippen LogP contribution in [0, 0.1) is 5.92 Å². The Morgan fingerprint density at radius 1 is 1.27 bits per heavy atom. The molecule has 0 saturated carbocycles. The van der Waals surface area contributed by atoms with E-state index in [0.29, 0.717) is 6.61 Å². The monoisotopic (exact) mass is 305 g/mol. The third kappa shape index (κ3) is 6.20. The van der Waals surface area contributed by atoms with Gasteiger partial charge in [-0.1, -0.05) is 26.3 Å². The summed E-state index contributed by atoms with van der Waals surface area (Å²) in [4.78, 5) is 11.4. The number of esters is 1. The Bertz CT molecular complexity index is 468. The zero-order valence-electron chi connectivity index (χ0n) is 14.0. The predicted molar refractivity (Wildman–Crippen MR) is 90.2 cm³/mol. The van der Waals surface area contributed by atoms with Crippen molar-refractivity contribution in [3.8, 4) is 5.75 Å². The molecule has 4 nitrogen and oxygen atoms in total. The number of nitrogens with one attached hydrogen (secondary N) is 1. The van der Waals surface area contributed by atoms with Gasteiger partial charge in [0.2, 0.25) is 0 Å². The second-order valence-corrected chi connectivity index (χ2v) is 5.24. The van der Waals surface area contributed by atoms with E-state index in [1.54, 1.807) is 14.0 Å². The maximum absolute atomic E-state index is 11.4. The maximum Gasteiger partial charge on any atom is 0.330 e. The second-order valence-electron chi connectivity index (χ2n) is 5.24. The second kappa shape index (κ2) is 9.87. The number of carbonyl (C=O) groups excluding carboxylic acids is 1. The van der Waals surface area contributed by atoms with E-state index in [0.717, 1.165) is 24.3 Å². The summed E-state index contributed by atoms with van der Waals surface area (Å²) in [7, 11) is 1.66. The molecule has 0 bridgehead atoms. The molecule has 1 rings (SSSR count). The van der Waals surface area contributed by atoms with Crippen molar-refractivity contribution >= 4 is 11.7 Å². The molecule has 0 spiro atoms. The van der Waals surface area contributed by atoms with E-state index in [4.69, 9.17) is 9.47 Å². The fraction of sp³-hybridized carbons (Fsp3) is 0.500. The standard InChI is InChI=1S/C18H27NO3/c1-5-7-17(14(3)8-13-18(20)22-6-2)19-15-9-11-16(21-4)12-10-15/h8-14,17,19H,5-7H2,1-4H3/b13-8+/t14-,17+/m0/s1. The van der Waals surface area contributed by atoms with Crippen LogP contribution in [0.5, 0.6) is 5.75 Å². The van der Waals surface area contributed by atoms with Gasteiger partial charge in [-0.15, -0.1) is 0 Å². The zero-order valence-corrected chi connectivity index (χ0v) is 14.0. The van der Waals surface area contributed by atoms with E-state index in [1.807, 2.05) is 30.3 Å². The minimum absolute atomic E-state index is 0.228. The number of anilines is 1. The van der Waals surface area contributed by atoms with Crippen LogP contribution in [0.25, 0.3) is 0 Å². The van der Waals surface area contributed by atoms with Crippen LogP contribution in [0.4, 0.5) is 5.69 Å². The van der Waals surface area contributed by atoms with Crippen molar-refractivity contribution in [2.24, 2.45) is 5.92 Å². The molecule has 0 aliphatic rings. The summed E-state index contributed by atoms with van der Waals surface area (Å²) in [6.07, 6.45) is 5.53. The zero-order chi connectivity index (χ0) is 16.4. The number of hydrogen-bond donors (Lipinski definition) is 1. The van der Waals surface area contributed by atoms with Gasteiger partial charge in [0, 0.05) is 17.8 Å². The van der Waals surface area contributed by atoms with Crippen molar-refractivity contribution in [3.63, 3.8) is 0 Å². The summed E-state index contributed by atoms with van der Waals surface area (Å²) in [5, 5.41) is 3.53. The first-order valence-corrected chi connectivity index (χ1v) is 7.86. The molecule has 22 heavy (non-hydrogen) atoms. The Kier molecular flexibility index (Phi) is 8.11. The summed E-state index contributed by atoms with van der Waals surface area (Å²) < 4.78 is 10.1. The molecular weight excluding hydrogens is 278 g/mol. The van der Waals surface area contributed by atoms with E-state index < -0.39 is 0 Å². The third-order valence-electron chi connectivity index (χ3n) is 3.50. The summed E-state index contributed by atoms with van der Waals surface area (Å²) in [5.41, 5.74) is 1.05. The number of rotatable bonds is 9. The molecule has 122 valence electrons. The normalized spacial score (nSPS) is 13.6. The van der Waals surface area contributed by atoms with Gasteiger partial charge >= 0.3 is 5.97 Å². The number of methoxy groups -OCH3 is 1. The molecule has 0 unspecified atom stereocenters. The molecule has 0 aliphatic heterocycles. The molecule has 2 atom stereocenters. The fourth-order valence-electron chi connectivity index (χ4n) is 2.23. The van der Waals surface area contributed by atoms with Gasteiger partial charge in [0.15, 0.2) is 0 Å². The fourth-order valence-corrected chi connectivity index (χ4v) is 2.23. The van der Waals surface area contributed by atoms with Crippen molar-refractivity contribution in [1.29, 1.82) is 0 Å². The lowest BCUT2D eigenvalue weighted by Gasteiger charge is -2.24. The highest BCUT2D eigenvalue weighted by Gasteiger charge is 2.14. The van der Waals surface area contributed by atoms with Gasteiger partial charge in [0.05, 0.1) is 13.7 Å². The Labute approximate surface area is 133 Å². The predicted octanol–water partition coefficient (Wildman–Crippen LogP) is 4.03. The van der Waals surface area contributed by atoms with Crippen LogP contribution in [0.1, 0.15) is 33.6 Å². The maximum atomic E-state index is 11.4. The molecule has 0 radical (unpaired) electrons. The topological polar surface area (TPSA) is 47.6 Å². The van der Waals surface area contributed by atoms with Crippen molar-refractivity contribution in [2.45, 2.75) is 39.7 Å². The molecule has 0 aromatic heterocycles. The summed E-state index contributed by atoms with van der Waals surface area (Å²) in [6.45, 7) is 6.47. The van der Waals surface area contributed by atoms with Gasteiger partial charge in [0.25, 0.3) is 0 Å². The highest BCUT2D eigenvalue weighted by atomic mass is 16.5. The van der Waals surface area contributed by atoms with Gasteiger partial charge in [-0.2, -0.15) is 0 Å². The minimum atomic E-state index is -0.283. The van der Waals surface area contributed by atoms with Crippen molar-refractivity contribution < 1.29 is 14.3 Å². The molecule has 1 aromatic carbocycles. The van der Waals surface area contributed by atoms with Crippen molar-refractivity contribution in [2.75, 3.05) is 19.0 Å². The smallest absolute Gasteiger partial charge is 0.330 e. The number of ether oxygens (including phenoxy) is 2. The Morgan fingerprint density at radius 3 is 2.50 bits per heavy atom. The molecule has 0 heterocycles. The van der Waals surface area contributed by atoms with E-state index in [-0.39, 0.29) is 17.9 Å². The van der Waals surface area contributed by atoms with Crippen LogP contribution in [0.15, 0.2) is 36.4 Å². The average Bonchev–Trinajstić information content (AvgIpc) is 2.53. The Balaban J connectivity index is 2.68. The lowest BCUT2D eigenvalue weighted by Crippen LogP contribution is -2.26. The van der Waals surface area contributed by atoms with E-state index in [2.05, 4.69) is 19.2 Å². The van der Waals surface area contributed by atoms with Crippen LogP contribution in [-0.2, 0) is 9.53 Å². The van der Waals surface area contributed by atoms with Crippen LogP contribution >= 0.6 is 0 Å². The number of carbonyl (C=O) groups is 1. The van der Waals surface area contributed by atoms with E-state index in [9.17, 15) is 4.79 Å². The Morgan fingerprint density at radius 2 is 1.95 bits per heavy atom. The summed E-state index contributed by atoms with van der Waals surface area (Å²) in [5.74, 6) is 0.786. The van der Waals surface area contributed by atoms with Gasteiger partial charge in [-0.05, 0) is 43.5 Å². The van der Waals surface area contributed by atoms with Crippen LogP contribution in [0.2, 0.25) is 0 Å². The SMILES string of the molecule is CCC[C@@H](Nc1ccc(OC)cc1)[C@@H](C)/C=C/C(=O)OCC. The first-order valence-electron chi connectivity index (χ1n) is 7.86. The lowest BCUT2D eigenvalue weighted by molar-refractivity contribution is -0.137. The molecule has 0 saturated heterocycles. The first kappa shape index (κ1) is 18.1. The van der Waals surface area contributed by atoms with Crippen LogP contribution in [-0.4, -0.2) is 25.7 Å². The molecular formula is C18H27NO3. The number of hydrogen-bond acceptors (Lipinski definition) is 4. The van der Waals surface area contributed by atoms with Crippen LogP contribution < -0.4 is 10.1 Å². The highest BCUT2D eigenvalue weighted by Crippen LogP contribution is 2.20. The quantitative estimate of drug-likeness (QED) is 0.553. The molecule has 0 amide bonds. The lowest BCUT2D eigenvalue weighted by atomic mass is 9.96. The van der Waals surface area contributed by atoms with Crippen LogP contribution in [0.3, 0.4) is 0 Å². The van der Waals surface area contributed by atoms with E-state index >= 15 is 0 Å². The molecule has 0 aliphatic carbocycles. The van der Waals surface area contributed by atoms with Gasteiger partial charge in [-0.25, -0.2) is 4.79 Å². The molecule has 1 N–H and O–H groups in total. The van der Waals surface area contributed by atoms with Gasteiger partial charge in [-0.3, -0.25) is 0 Å². The Hall–Kier alpha value is -1.97. The van der Waals surface area contributed by atoms with Gasteiger partial charge < -0.3 is 14.8 Å². The first-order chi connectivity index (χ1) is 10.6. The van der Waals surface area contributed by atoms with Crippen molar-refractivity contribution in [1.82, 2.24) is 0 Å². The minimum Gasteiger partial charge on any atom is -0.497 e. The summed E-state index contributed by atoms with van der Waals surface area (Å²) >= 11 is 0. The molecule has 4 heteroatoms. The average molecular weight is 305 g/mol.